The van der Waals surface area contributed by atoms with Gasteiger partial charge < -0.3 is 10.7 Å². The first-order chi connectivity index (χ1) is 8.17. The van der Waals surface area contributed by atoms with Gasteiger partial charge in [-0.25, -0.2) is 0 Å². The number of nitrogens with one attached hydrogen (secondary N) is 1. The number of pyridine rings is 1. The minimum absolute atomic E-state index is 0. The molecule has 0 radical (unpaired) electrons. The molecule has 18 heavy (non-hydrogen) atoms. The molecule has 3 N–H and O–H groups in total. The van der Waals surface area contributed by atoms with Crippen molar-refractivity contribution in [2.24, 2.45) is 5.73 Å². The van der Waals surface area contributed by atoms with Crippen LogP contribution >= 0.6 is 12.4 Å². The number of hydrogen-bond donors (Lipinski definition) is 2. The Labute approximate surface area is 114 Å². The molecule has 2 rings (SSSR count). The summed E-state index contributed by atoms with van der Waals surface area (Å²) in [6.07, 6.45) is 2.12. The Hall–Kier alpha value is -0.840. The smallest absolute Gasteiger partial charge is 0.252 e. The van der Waals surface area contributed by atoms with Crippen molar-refractivity contribution in [3.63, 3.8) is 0 Å². The number of nitrogens with zero attached hydrogens (tertiary/aromatic N) is 1. The maximum absolute atomic E-state index is 11.8. The second-order valence-corrected chi connectivity index (χ2v) is 4.75. The third-order valence-electron chi connectivity index (χ3n) is 3.56. The van der Waals surface area contributed by atoms with Crippen LogP contribution < -0.4 is 11.3 Å². The molecular weight excluding hydrogens is 250 g/mol. The molecule has 0 aromatic carbocycles. The van der Waals surface area contributed by atoms with Gasteiger partial charge in [-0.05, 0) is 37.4 Å². The highest BCUT2D eigenvalue weighted by atomic mass is 35.5. The number of halogens is 1. The first-order valence-electron chi connectivity index (χ1n) is 6.33. The van der Waals surface area contributed by atoms with Gasteiger partial charge in [0.15, 0.2) is 0 Å². The van der Waals surface area contributed by atoms with Gasteiger partial charge >= 0.3 is 0 Å². The van der Waals surface area contributed by atoms with Crippen molar-refractivity contribution >= 4 is 12.4 Å². The number of aryl methyl sites for hydroxylation is 1. The Bertz CT molecular complexity index is 470. The van der Waals surface area contributed by atoms with Crippen LogP contribution in [0.25, 0.3) is 0 Å². The minimum Gasteiger partial charge on any atom is -0.326 e. The van der Waals surface area contributed by atoms with Crippen molar-refractivity contribution < 1.29 is 0 Å². The lowest BCUT2D eigenvalue weighted by molar-refractivity contribution is 0.253. The predicted molar refractivity (Wildman–Crippen MR) is 76.2 cm³/mol. The topological polar surface area (TPSA) is 62.1 Å². The van der Waals surface area contributed by atoms with Gasteiger partial charge in [0.25, 0.3) is 5.56 Å². The summed E-state index contributed by atoms with van der Waals surface area (Å²) in [5, 5.41) is 0. The average Bonchev–Trinajstić information content (AvgIpc) is 2.31. The molecule has 0 aliphatic carbocycles. The maximum atomic E-state index is 11.8. The number of aromatic nitrogens is 1. The molecule has 102 valence electrons. The molecule has 0 saturated carbocycles. The molecule has 1 aliphatic rings. The fraction of sp³-hybridized carbons (Fsp3) is 0.615. The van der Waals surface area contributed by atoms with E-state index in [1.807, 2.05) is 6.92 Å². The number of H-pyrrole nitrogens is 1. The highest BCUT2D eigenvalue weighted by molar-refractivity contribution is 5.85. The van der Waals surface area contributed by atoms with E-state index in [0.717, 1.165) is 37.3 Å². The molecule has 0 unspecified atom stereocenters. The van der Waals surface area contributed by atoms with E-state index in [4.69, 9.17) is 5.73 Å². The van der Waals surface area contributed by atoms with E-state index < -0.39 is 0 Å². The molecule has 0 amide bonds. The van der Waals surface area contributed by atoms with Gasteiger partial charge in [0.1, 0.15) is 0 Å². The van der Waals surface area contributed by atoms with Crippen LogP contribution in [0.2, 0.25) is 0 Å². The molecule has 0 bridgehead atoms. The lowest BCUT2D eigenvalue weighted by Crippen LogP contribution is -2.35. The molecule has 0 atom stereocenters. The van der Waals surface area contributed by atoms with Crippen LogP contribution in [0.1, 0.15) is 35.7 Å². The van der Waals surface area contributed by atoms with Crippen LogP contribution in [-0.4, -0.2) is 23.0 Å². The zero-order chi connectivity index (χ0) is 12.4. The van der Waals surface area contributed by atoms with Gasteiger partial charge in [-0.15, -0.1) is 12.4 Å². The Balaban J connectivity index is 0.00000162. The number of fused-ring (bicyclic) bond motifs is 1. The molecule has 1 aliphatic heterocycles. The Morgan fingerprint density at radius 3 is 2.72 bits per heavy atom. The van der Waals surface area contributed by atoms with Crippen LogP contribution in [0.3, 0.4) is 0 Å². The summed E-state index contributed by atoms with van der Waals surface area (Å²) in [4.78, 5) is 17.2. The molecule has 4 nitrogen and oxygen atoms in total. The largest absolute Gasteiger partial charge is 0.326 e. The first-order valence-corrected chi connectivity index (χ1v) is 6.33. The molecule has 0 fully saturated rings. The fourth-order valence-electron chi connectivity index (χ4n) is 2.68. The van der Waals surface area contributed by atoms with E-state index >= 15 is 0 Å². The molecule has 1 aromatic heterocycles. The summed E-state index contributed by atoms with van der Waals surface area (Å²) in [6, 6.07) is 0. The van der Waals surface area contributed by atoms with E-state index in [9.17, 15) is 4.79 Å². The fourth-order valence-corrected chi connectivity index (χ4v) is 2.68. The lowest BCUT2D eigenvalue weighted by atomic mass is 9.94. The summed E-state index contributed by atoms with van der Waals surface area (Å²) in [5.41, 5.74) is 9.94. The third-order valence-corrected chi connectivity index (χ3v) is 3.56. The van der Waals surface area contributed by atoms with E-state index in [0.29, 0.717) is 6.54 Å². The highest BCUT2D eigenvalue weighted by Gasteiger charge is 2.21. The van der Waals surface area contributed by atoms with Gasteiger partial charge in [-0.2, -0.15) is 0 Å². The number of nitrogens with two attached hydrogens (primary N) is 1. The van der Waals surface area contributed by atoms with Crippen molar-refractivity contribution in [3.8, 4) is 0 Å². The quantitative estimate of drug-likeness (QED) is 0.872. The second-order valence-electron chi connectivity index (χ2n) is 4.75. The van der Waals surface area contributed by atoms with Gasteiger partial charge in [-0.3, -0.25) is 9.69 Å². The van der Waals surface area contributed by atoms with Crippen molar-refractivity contribution in [3.05, 3.63) is 32.7 Å². The monoisotopic (exact) mass is 271 g/mol. The van der Waals surface area contributed by atoms with E-state index in [1.165, 1.54) is 17.5 Å². The first kappa shape index (κ1) is 15.2. The van der Waals surface area contributed by atoms with Gasteiger partial charge in [0.2, 0.25) is 0 Å². The number of rotatable bonds is 3. The van der Waals surface area contributed by atoms with Crippen molar-refractivity contribution in [1.29, 1.82) is 0 Å². The number of hydrogen-bond acceptors (Lipinski definition) is 3. The summed E-state index contributed by atoms with van der Waals surface area (Å²) >= 11 is 0. The molecule has 5 heteroatoms. The number of aromatic amines is 1. The van der Waals surface area contributed by atoms with Gasteiger partial charge in [0.05, 0.1) is 0 Å². The van der Waals surface area contributed by atoms with Crippen molar-refractivity contribution in [2.75, 3.05) is 13.1 Å². The highest BCUT2D eigenvalue weighted by Crippen LogP contribution is 2.22. The molecule has 0 saturated heterocycles. The van der Waals surface area contributed by atoms with Crippen molar-refractivity contribution in [2.45, 2.75) is 39.8 Å². The SMILES string of the molecule is CCCN1CCc2c(c(C)[nH]c(=O)c2CN)C1.Cl. The van der Waals surface area contributed by atoms with Crippen LogP contribution in [0.4, 0.5) is 0 Å². The second kappa shape index (κ2) is 6.36. The van der Waals surface area contributed by atoms with E-state index in [-0.39, 0.29) is 18.0 Å². The Morgan fingerprint density at radius 2 is 2.11 bits per heavy atom. The summed E-state index contributed by atoms with van der Waals surface area (Å²) < 4.78 is 0. The predicted octanol–water partition coefficient (Wildman–Crippen LogP) is 1.33. The molecule has 2 heterocycles. The summed E-state index contributed by atoms with van der Waals surface area (Å²) in [5.74, 6) is 0. The minimum atomic E-state index is -0.00677. The van der Waals surface area contributed by atoms with E-state index in [2.05, 4.69) is 16.8 Å². The summed E-state index contributed by atoms with van der Waals surface area (Å²) in [6.45, 7) is 7.62. The Morgan fingerprint density at radius 1 is 1.39 bits per heavy atom. The van der Waals surface area contributed by atoms with Crippen LogP contribution in [0.5, 0.6) is 0 Å². The molecule has 1 aromatic rings. The zero-order valence-corrected chi connectivity index (χ0v) is 11.9. The standard InChI is InChI=1S/C13H21N3O.ClH/c1-3-5-16-6-4-10-11(7-14)13(17)15-9(2)12(10)8-16;/h3-8,14H2,1-2H3,(H,15,17);1H. The Kier molecular flexibility index (Phi) is 5.38. The lowest BCUT2D eigenvalue weighted by Gasteiger charge is -2.30. The van der Waals surface area contributed by atoms with Crippen LogP contribution in [0, 0.1) is 6.92 Å². The van der Waals surface area contributed by atoms with Crippen molar-refractivity contribution in [1.82, 2.24) is 9.88 Å². The van der Waals surface area contributed by atoms with Crippen LogP contribution in [-0.2, 0) is 19.5 Å². The van der Waals surface area contributed by atoms with E-state index in [1.54, 1.807) is 0 Å². The zero-order valence-electron chi connectivity index (χ0n) is 11.1. The normalized spacial score (nSPS) is 15.1. The maximum Gasteiger partial charge on any atom is 0.252 e. The summed E-state index contributed by atoms with van der Waals surface area (Å²) in [7, 11) is 0. The van der Waals surface area contributed by atoms with Crippen LogP contribution in [0.15, 0.2) is 4.79 Å². The molecule has 0 spiro atoms. The average molecular weight is 272 g/mol. The van der Waals surface area contributed by atoms with Gasteiger partial charge in [0, 0.05) is 30.9 Å². The molecular formula is C13H22ClN3O. The third kappa shape index (κ3) is 2.76. The van der Waals surface area contributed by atoms with Gasteiger partial charge in [-0.1, -0.05) is 6.92 Å².